The van der Waals surface area contributed by atoms with Gasteiger partial charge in [0.05, 0.1) is 0 Å². The molecule has 96 valence electrons. The summed E-state index contributed by atoms with van der Waals surface area (Å²) in [7, 11) is 0. The van der Waals surface area contributed by atoms with Crippen molar-refractivity contribution < 1.29 is 4.74 Å². The highest BCUT2D eigenvalue weighted by atomic mass is 35.5. The fourth-order valence-corrected chi connectivity index (χ4v) is 1.77. The van der Waals surface area contributed by atoms with Crippen molar-refractivity contribution in [3.8, 4) is 18.1 Å². The Morgan fingerprint density at radius 1 is 1.16 bits per heavy atom. The number of benzene rings is 2. The van der Waals surface area contributed by atoms with Gasteiger partial charge in [-0.05, 0) is 42.0 Å². The predicted molar refractivity (Wildman–Crippen MR) is 79.5 cm³/mol. The van der Waals surface area contributed by atoms with Gasteiger partial charge in [-0.25, -0.2) is 0 Å². The van der Waals surface area contributed by atoms with Gasteiger partial charge >= 0.3 is 0 Å². The van der Waals surface area contributed by atoms with E-state index in [1.165, 1.54) is 0 Å². The first-order valence-electron chi connectivity index (χ1n) is 5.92. The molecule has 0 saturated heterocycles. The van der Waals surface area contributed by atoms with Crippen LogP contribution in [0.4, 0.5) is 5.69 Å². The Hall–Kier alpha value is -2.11. The van der Waals surface area contributed by atoms with Gasteiger partial charge in [0, 0.05) is 17.3 Å². The Bertz CT molecular complexity index is 572. The Kier molecular flexibility index (Phi) is 4.72. The number of hydrogen-bond acceptors (Lipinski definition) is 2. The van der Waals surface area contributed by atoms with Crippen LogP contribution < -0.4 is 10.1 Å². The summed E-state index contributed by atoms with van der Waals surface area (Å²) in [5, 5.41) is 4.05. The van der Waals surface area contributed by atoms with E-state index in [0.29, 0.717) is 0 Å². The summed E-state index contributed by atoms with van der Waals surface area (Å²) < 4.78 is 5.38. The van der Waals surface area contributed by atoms with Crippen molar-refractivity contribution in [1.82, 2.24) is 0 Å². The van der Waals surface area contributed by atoms with Crippen molar-refractivity contribution in [3.05, 3.63) is 59.1 Å². The fraction of sp³-hybridized carbons (Fsp3) is 0.125. The van der Waals surface area contributed by atoms with E-state index in [9.17, 15) is 0 Å². The van der Waals surface area contributed by atoms with Gasteiger partial charge in [0.2, 0.25) is 0 Å². The number of nitrogens with one attached hydrogen (secondary N) is 1. The SMILES string of the molecule is C#CCOc1cccc(CNc2ccc(Cl)cc2)c1. The van der Waals surface area contributed by atoms with Crippen molar-refractivity contribution in [1.29, 1.82) is 0 Å². The molecule has 0 saturated carbocycles. The van der Waals surface area contributed by atoms with E-state index in [2.05, 4.69) is 11.2 Å². The molecule has 2 rings (SSSR count). The minimum Gasteiger partial charge on any atom is -0.481 e. The van der Waals surface area contributed by atoms with Crippen LogP contribution >= 0.6 is 11.6 Å². The Balaban J connectivity index is 1.95. The topological polar surface area (TPSA) is 21.3 Å². The third-order valence-electron chi connectivity index (χ3n) is 2.56. The zero-order valence-corrected chi connectivity index (χ0v) is 11.2. The van der Waals surface area contributed by atoms with Crippen LogP contribution in [0, 0.1) is 12.3 Å². The molecule has 0 heterocycles. The maximum atomic E-state index is 5.84. The summed E-state index contributed by atoms with van der Waals surface area (Å²) in [6.45, 7) is 1.00. The van der Waals surface area contributed by atoms with E-state index in [4.69, 9.17) is 22.8 Å². The number of anilines is 1. The molecule has 0 aliphatic heterocycles. The van der Waals surface area contributed by atoms with E-state index in [1.807, 2.05) is 48.5 Å². The van der Waals surface area contributed by atoms with E-state index >= 15 is 0 Å². The van der Waals surface area contributed by atoms with Gasteiger partial charge in [-0.3, -0.25) is 0 Å². The Labute approximate surface area is 118 Å². The van der Waals surface area contributed by atoms with E-state index in [-0.39, 0.29) is 6.61 Å². The smallest absolute Gasteiger partial charge is 0.148 e. The van der Waals surface area contributed by atoms with Crippen LogP contribution in [0.3, 0.4) is 0 Å². The molecule has 0 radical (unpaired) electrons. The quantitative estimate of drug-likeness (QED) is 0.831. The highest BCUT2D eigenvalue weighted by Crippen LogP contribution is 2.17. The first-order valence-corrected chi connectivity index (χ1v) is 6.30. The Morgan fingerprint density at radius 2 is 1.95 bits per heavy atom. The van der Waals surface area contributed by atoms with Crippen molar-refractivity contribution >= 4 is 17.3 Å². The van der Waals surface area contributed by atoms with E-state index < -0.39 is 0 Å². The van der Waals surface area contributed by atoms with Crippen LogP contribution in [0.15, 0.2) is 48.5 Å². The molecule has 0 unspecified atom stereocenters. The molecule has 2 nitrogen and oxygen atoms in total. The third-order valence-corrected chi connectivity index (χ3v) is 2.81. The zero-order chi connectivity index (χ0) is 13.5. The first kappa shape index (κ1) is 13.3. The molecule has 0 atom stereocenters. The van der Waals surface area contributed by atoms with E-state index in [1.54, 1.807) is 0 Å². The summed E-state index contributed by atoms with van der Waals surface area (Å²) in [6.07, 6.45) is 5.16. The number of halogens is 1. The second-order valence-electron chi connectivity index (χ2n) is 4.00. The van der Waals surface area contributed by atoms with Crippen LogP contribution in [0.25, 0.3) is 0 Å². The number of rotatable bonds is 5. The summed E-state index contributed by atoms with van der Waals surface area (Å²) in [5.41, 5.74) is 2.16. The molecule has 0 spiro atoms. The minimum absolute atomic E-state index is 0.286. The van der Waals surface area contributed by atoms with Crippen molar-refractivity contribution in [3.63, 3.8) is 0 Å². The lowest BCUT2D eigenvalue weighted by atomic mass is 10.2. The van der Waals surface area contributed by atoms with Crippen LogP contribution in [0.5, 0.6) is 5.75 Å². The van der Waals surface area contributed by atoms with Gasteiger partial charge in [-0.2, -0.15) is 0 Å². The van der Waals surface area contributed by atoms with Gasteiger partial charge in [0.1, 0.15) is 12.4 Å². The number of terminal acetylenes is 1. The maximum absolute atomic E-state index is 5.84. The molecule has 1 N–H and O–H groups in total. The standard InChI is InChI=1S/C16H14ClNO/c1-2-10-19-16-5-3-4-13(11-16)12-18-15-8-6-14(17)7-9-15/h1,3-9,11,18H,10,12H2. The molecular formula is C16H14ClNO. The molecular weight excluding hydrogens is 258 g/mol. The number of hydrogen-bond donors (Lipinski definition) is 1. The molecule has 2 aromatic carbocycles. The van der Waals surface area contributed by atoms with Crippen LogP contribution in [0.1, 0.15) is 5.56 Å². The number of ether oxygens (including phenoxy) is 1. The minimum atomic E-state index is 0.286. The largest absolute Gasteiger partial charge is 0.481 e. The highest BCUT2D eigenvalue weighted by molar-refractivity contribution is 6.30. The van der Waals surface area contributed by atoms with Crippen LogP contribution in [-0.2, 0) is 6.54 Å². The molecule has 0 aliphatic carbocycles. The fourth-order valence-electron chi connectivity index (χ4n) is 1.64. The monoisotopic (exact) mass is 271 g/mol. The molecule has 0 aromatic heterocycles. The van der Waals surface area contributed by atoms with Crippen molar-refractivity contribution in [2.75, 3.05) is 11.9 Å². The lowest BCUT2D eigenvalue weighted by Gasteiger charge is -2.08. The Morgan fingerprint density at radius 3 is 2.68 bits per heavy atom. The van der Waals surface area contributed by atoms with E-state index in [0.717, 1.165) is 28.6 Å². The molecule has 0 fully saturated rings. The van der Waals surface area contributed by atoms with Gasteiger partial charge < -0.3 is 10.1 Å². The lowest BCUT2D eigenvalue weighted by molar-refractivity contribution is 0.370. The second-order valence-corrected chi connectivity index (χ2v) is 4.44. The summed E-state index contributed by atoms with van der Waals surface area (Å²) in [6, 6.07) is 15.5. The third kappa shape index (κ3) is 4.24. The summed E-state index contributed by atoms with van der Waals surface area (Å²) in [4.78, 5) is 0. The second kappa shape index (κ2) is 6.72. The summed E-state index contributed by atoms with van der Waals surface area (Å²) in [5.74, 6) is 3.23. The zero-order valence-electron chi connectivity index (χ0n) is 10.4. The molecule has 0 bridgehead atoms. The first-order chi connectivity index (χ1) is 9.28. The van der Waals surface area contributed by atoms with Gasteiger partial charge in [0.25, 0.3) is 0 Å². The van der Waals surface area contributed by atoms with Gasteiger partial charge in [0.15, 0.2) is 0 Å². The molecule has 2 aromatic rings. The normalized spacial score (nSPS) is 9.68. The average molecular weight is 272 g/mol. The van der Waals surface area contributed by atoms with Crippen molar-refractivity contribution in [2.45, 2.75) is 6.54 Å². The van der Waals surface area contributed by atoms with Crippen LogP contribution in [-0.4, -0.2) is 6.61 Å². The molecule has 3 heteroatoms. The molecule has 0 aliphatic rings. The predicted octanol–water partition coefficient (Wildman–Crippen LogP) is 3.96. The average Bonchev–Trinajstić information content (AvgIpc) is 2.45. The van der Waals surface area contributed by atoms with Crippen LogP contribution in [0.2, 0.25) is 5.02 Å². The van der Waals surface area contributed by atoms with Crippen molar-refractivity contribution in [2.24, 2.45) is 0 Å². The van der Waals surface area contributed by atoms with Gasteiger partial charge in [-0.15, -0.1) is 6.42 Å². The highest BCUT2D eigenvalue weighted by Gasteiger charge is 1.97. The summed E-state index contributed by atoms with van der Waals surface area (Å²) >= 11 is 5.84. The molecule has 19 heavy (non-hydrogen) atoms. The lowest BCUT2D eigenvalue weighted by Crippen LogP contribution is -2.00. The maximum Gasteiger partial charge on any atom is 0.148 e. The van der Waals surface area contributed by atoms with Gasteiger partial charge in [-0.1, -0.05) is 29.7 Å². The molecule has 0 amide bonds.